The van der Waals surface area contributed by atoms with Crippen molar-refractivity contribution in [3.05, 3.63) is 29.8 Å². The molecule has 2 N–H and O–H groups in total. The number of nitrogens with zero attached hydrogens (tertiary/aromatic N) is 1. The molecule has 0 aromatic heterocycles. The zero-order valence-corrected chi connectivity index (χ0v) is 12.3. The molecule has 8 heteroatoms. The van der Waals surface area contributed by atoms with Crippen molar-refractivity contribution < 1.29 is 27.9 Å². The van der Waals surface area contributed by atoms with Gasteiger partial charge in [-0.1, -0.05) is 6.07 Å². The van der Waals surface area contributed by atoms with E-state index in [4.69, 9.17) is 0 Å². The molecule has 1 fully saturated rings. The third-order valence-electron chi connectivity index (χ3n) is 3.64. The van der Waals surface area contributed by atoms with E-state index >= 15 is 0 Å². The van der Waals surface area contributed by atoms with Gasteiger partial charge in [-0.2, -0.15) is 13.2 Å². The Kier molecular flexibility index (Phi) is 5.12. The molecule has 1 aliphatic rings. The first-order valence-electron chi connectivity index (χ1n) is 7.19. The Hall–Kier alpha value is -2.25. The Morgan fingerprint density at radius 3 is 2.74 bits per heavy atom. The normalized spacial score (nSPS) is 18.6. The van der Waals surface area contributed by atoms with Gasteiger partial charge in [0.05, 0.1) is 5.92 Å². The lowest BCUT2D eigenvalue weighted by atomic mass is 9.96. The third-order valence-corrected chi connectivity index (χ3v) is 3.64. The van der Waals surface area contributed by atoms with Crippen LogP contribution >= 0.6 is 0 Å². The molecule has 1 aliphatic heterocycles. The van der Waals surface area contributed by atoms with E-state index in [1.807, 2.05) is 5.32 Å². The monoisotopic (exact) mass is 330 g/mol. The van der Waals surface area contributed by atoms with Crippen LogP contribution in [0.1, 0.15) is 23.2 Å². The first-order chi connectivity index (χ1) is 10.8. The number of halogens is 3. The topological polar surface area (TPSA) is 69.6 Å². The van der Waals surface area contributed by atoms with Crippen LogP contribution in [-0.4, -0.2) is 47.6 Å². The summed E-state index contributed by atoms with van der Waals surface area (Å²) in [6.45, 7) is -0.876. The summed E-state index contributed by atoms with van der Waals surface area (Å²) in [7, 11) is 0. The summed E-state index contributed by atoms with van der Waals surface area (Å²) in [5, 5.41) is 11.3. The SMILES string of the molecule is O=C(NCC(F)(F)F)[C@@H]1CCCN(C(=O)c2cccc(O)c2)C1. The van der Waals surface area contributed by atoms with Crippen LogP contribution in [0.4, 0.5) is 13.2 Å². The van der Waals surface area contributed by atoms with Crippen LogP contribution in [0.5, 0.6) is 5.75 Å². The third kappa shape index (κ3) is 4.87. The van der Waals surface area contributed by atoms with Crippen LogP contribution in [0, 0.1) is 5.92 Å². The van der Waals surface area contributed by atoms with Gasteiger partial charge in [-0.3, -0.25) is 9.59 Å². The Morgan fingerprint density at radius 1 is 1.35 bits per heavy atom. The van der Waals surface area contributed by atoms with Crippen LogP contribution in [-0.2, 0) is 4.79 Å². The minimum atomic E-state index is -4.46. The van der Waals surface area contributed by atoms with E-state index in [-0.39, 0.29) is 23.8 Å². The lowest BCUT2D eigenvalue weighted by molar-refractivity contribution is -0.141. The summed E-state index contributed by atoms with van der Waals surface area (Å²) in [5.74, 6) is -1.76. The van der Waals surface area contributed by atoms with E-state index in [1.54, 1.807) is 0 Å². The van der Waals surface area contributed by atoms with Crippen molar-refractivity contribution in [2.45, 2.75) is 19.0 Å². The average Bonchev–Trinajstić information content (AvgIpc) is 2.51. The summed E-state index contributed by atoms with van der Waals surface area (Å²) in [6.07, 6.45) is -3.48. The molecule has 0 bridgehead atoms. The van der Waals surface area contributed by atoms with E-state index in [1.165, 1.54) is 29.2 Å². The fourth-order valence-electron chi connectivity index (χ4n) is 2.53. The molecule has 0 aliphatic carbocycles. The van der Waals surface area contributed by atoms with Gasteiger partial charge in [0.25, 0.3) is 5.91 Å². The Balaban J connectivity index is 1.97. The second-order valence-electron chi connectivity index (χ2n) is 5.47. The first kappa shape index (κ1) is 17.1. The summed E-state index contributed by atoms with van der Waals surface area (Å²) >= 11 is 0. The number of phenolic OH excluding ortho intramolecular Hbond substituents is 1. The smallest absolute Gasteiger partial charge is 0.405 e. The van der Waals surface area contributed by atoms with Crippen LogP contribution < -0.4 is 5.32 Å². The molecule has 126 valence electrons. The number of carbonyl (C=O) groups is 2. The standard InChI is InChI=1S/C15H17F3N2O3/c16-15(17,18)9-19-13(22)11-4-2-6-20(8-11)14(23)10-3-1-5-12(21)7-10/h1,3,5,7,11,21H,2,4,6,8-9H2,(H,19,22)/t11-/m1/s1. The van der Waals surface area contributed by atoms with Crippen LogP contribution in [0.2, 0.25) is 0 Å². The van der Waals surface area contributed by atoms with Crippen LogP contribution in [0.25, 0.3) is 0 Å². The molecule has 0 unspecified atom stereocenters. The number of aromatic hydroxyl groups is 1. The zero-order chi connectivity index (χ0) is 17.0. The number of alkyl halides is 3. The molecule has 1 heterocycles. The van der Waals surface area contributed by atoms with E-state index < -0.39 is 24.5 Å². The molecule has 0 radical (unpaired) electrons. The van der Waals surface area contributed by atoms with E-state index in [0.29, 0.717) is 19.4 Å². The van der Waals surface area contributed by atoms with Crippen LogP contribution in [0.15, 0.2) is 24.3 Å². The Morgan fingerprint density at radius 2 is 2.09 bits per heavy atom. The maximum atomic E-state index is 12.3. The molecule has 0 spiro atoms. The minimum Gasteiger partial charge on any atom is -0.508 e. The molecular weight excluding hydrogens is 313 g/mol. The molecule has 2 amide bonds. The van der Waals surface area contributed by atoms with Crippen molar-refractivity contribution in [3.63, 3.8) is 0 Å². The van der Waals surface area contributed by atoms with Gasteiger partial charge in [-0.25, -0.2) is 0 Å². The van der Waals surface area contributed by atoms with E-state index in [0.717, 1.165) is 0 Å². The number of likely N-dealkylation sites (tertiary alicyclic amines) is 1. The molecule has 5 nitrogen and oxygen atoms in total. The molecule has 1 aromatic rings. The number of carbonyl (C=O) groups excluding carboxylic acids is 2. The first-order valence-corrected chi connectivity index (χ1v) is 7.19. The quantitative estimate of drug-likeness (QED) is 0.890. The van der Waals surface area contributed by atoms with E-state index in [2.05, 4.69) is 0 Å². The van der Waals surface area contributed by atoms with Crippen molar-refractivity contribution in [1.82, 2.24) is 10.2 Å². The maximum absolute atomic E-state index is 12.3. The highest BCUT2D eigenvalue weighted by molar-refractivity contribution is 5.95. The Labute approximate surface area is 131 Å². The van der Waals surface area contributed by atoms with Crippen molar-refractivity contribution >= 4 is 11.8 Å². The lowest BCUT2D eigenvalue weighted by Crippen LogP contribution is -2.47. The Bertz CT molecular complexity index is 590. The van der Waals surface area contributed by atoms with Gasteiger partial charge in [-0.15, -0.1) is 0 Å². The maximum Gasteiger partial charge on any atom is 0.405 e. The van der Waals surface area contributed by atoms with Gasteiger partial charge in [0.1, 0.15) is 12.3 Å². The summed E-state index contributed by atoms with van der Waals surface area (Å²) in [4.78, 5) is 25.6. The molecular formula is C15H17F3N2O3. The average molecular weight is 330 g/mol. The molecule has 2 rings (SSSR count). The van der Waals surface area contributed by atoms with Gasteiger partial charge < -0.3 is 15.3 Å². The van der Waals surface area contributed by atoms with Gasteiger partial charge >= 0.3 is 6.18 Å². The summed E-state index contributed by atoms with van der Waals surface area (Å²) in [5.41, 5.74) is 0.279. The lowest BCUT2D eigenvalue weighted by Gasteiger charge is -2.32. The molecule has 1 atom stereocenters. The molecule has 1 saturated heterocycles. The summed E-state index contributed by atoms with van der Waals surface area (Å²) < 4.78 is 36.4. The van der Waals surface area contributed by atoms with Crippen molar-refractivity contribution in [3.8, 4) is 5.75 Å². The number of nitrogens with one attached hydrogen (secondary N) is 1. The van der Waals surface area contributed by atoms with Crippen LogP contribution in [0.3, 0.4) is 0 Å². The van der Waals surface area contributed by atoms with Gasteiger partial charge in [0, 0.05) is 18.7 Å². The predicted molar refractivity (Wildman–Crippen MR) is 75.8 cm³/mol. The number of phenols is 1. The second-order valence-corrected chi connectivity index (χ2v) is 5.47. The largest absolute Gasteiger partial charge is 0.508 e. The molecule has 23 heavy (non-hydrogen) atoms. The highest BCUT2D eigenvalue weighted by Gasteiger charge is 2.32. The predicted octanol–water partition coefficient (Wildman–Crippen LogP) is 1.92. The van der Waals surface area contributed by atoms with E-state index in [9.17, 15) is 27.9 Å². The molecule has 0 saturated carbocycles. The second kappa shape index (κ2) is 6.89. The fourth-order valence-corrected chi connectivity index (χ4v) is 2.53. The number of benzene rings is 1. The number of hydrogen-bond donors (Lipinski definition) is 2. The van der Waals surface area contributed by atoms with Crippen molar-refractivity contribution in [2.75, 3.05) is 19.6 Å². The number of hydrogen-bond acceptors (Lipinski definition) is 3. The van der Waals surface area contributed by atoms with Gasteiger partial charge in [0.2, 0.25) is 5.91 Å². The van der Waals surface area contributed by atoms with Crippen molar-refractivity contribution in [1.29, 1.82) is 0 Å². The number of piperidine rings is 1. The molecule has 1 aromatic carbocycles. The summed E-state index contributed by atoms with van der Waals surface area (Å²) in [6, 6.07) is 5.81. The van der Waals surface area contributed by atoms with Gasteiger partial charge in [-0.05, 0) is 31.0 Å². The number of amides is 2. The highest BCUT2D eigenvalue weighted by Crippen LogP contribution is 2.21. The fraction of sp³-hybridized carbons (Fsp3) is 0.467. The van der Waals surface area contributed by atoms with Crippen molar-refractivity contribution in [2.24, 2.45) is 5.92 Å². The number of rotatable bonds is 3. The highest BCUT2D eigenvalue weighted by atomic mass is 19.4. The zero-order valence-electron chi connectivity index (χ0n) is 12.3. The van der Waals surface area contributed by atoms with Gasteiger partial charge in [0.15, 0.2) is 0 Å². The minimum absolute atomic E-state index is 0.0488.